The minimum atomic E-state index is 0.00606. The Morgan fingerprint density at radius 1 is 1.11 bits per heavy atom. The Hall–Kier alpha value is -3.08. The minimum Gasteiger partial charge on any atom is -0.441 e. The van der Waals surface area contributed by atoms with Crippen molar-refractivity contribution in [3.8, 4) is 11.3 Å². The summed E-state index contributed by atoms with van der Waals surface area (Å²) in [5, 5.41) is 2.95. The maximum absolute atomic E-state index is 12.0. The Bertz CT molecular complexity index is 857. The molecule has 0 spiro atoms. The number of amides is 1. The third-order valence-corrected chi connectivity index (χ3v) is 4.42. The summed E-state index contributed by atoms with van der Waals surface area (Å²) >= 11 is 0. The second kappa shape index (κ2) is 9.03. The van der Waals surface area contributed by atoms with E-state index in [1.54, 1.807) is 6.20 Å². The number of hydrogen-bond donors (Lipinski definition) is 1. The Morgan fingerprint density at radius 2 is 1.85 bits per heavy atom. The summed E-state index contributed by atoms with van der Waals surface area (Å²) in [6.45, 7) is 3.41. The molecule has 1 N–H and O–H groups in total. The molecule has 0 aliphatic carbocycles. The number of rotatable bonds is 8. The fraction of sp³-hybridized carbons (Fsp3) is 0.273. The Kier molecular flexibility index (Phi) is 6.26. The van der Waals surface area contributed by atoms with Gasteiger partial charge in [-0.25, -0.2) is 4.98 Å². The van der Waals surface area contributed by atoms with Gasteiger partial charge in [-0.05, 0) is 19.1 Å². The zero-order valence-electron chi connectivity index (χ0n) is 15.8. The lowest BCUT2D eigenvalue weighted by Crippen LogP contribution is -2.33. The fourth-order valence-corrected chi connectivity index (χ4v) is 2.76. The molecule has 0 unspecified atom stereocenters. The molecule has 3 aromatic rings. The minimum absolute atomic E-state index is 0.00606. The number of anilines is 1. The first-order valence-corrected chi connectivity index (χ1v) is 9.16. The number of carbonyl (C=O) groups excluding carboxylic acids is 1. The van der Waals surface area contributed by atoms with E-state index in [0.717, 1.165) is 23.6 Å². The summed E-state index contributed by atoms with van der Waals surface area (Å²) in [5.41, 5.74) is 3.33. The highest BCUT2D eigenvalue weighted by Crippen LogP contribution is 2.21. The van der Waals surface area contributed by atoms with E-state index in [1.807, 2.05) is 56.4 Å². The van der Waals surface area contributed by atoms with Gasteiger partial charge in [-0.2, -0.15) is 0 Å². The van der Waals surface area contributed by atoms with Crippen molar-refractivity contribution in [2.75, 3.05) is 25.0 Å². The number of carbonyl (C=O) groups is 1. The molecule has 1 heterocycles. The van der Waals surface area contributed by atoms with Crippen molar-refractivity contribution in [1.82, 2.24) is 10.3 Å². The Morgan fingerprint density at radius 3 is 2.59 bits per heavy atom. The number of oxazole rings is 1. The molecule has 5 heteroatoms. The number of hydrogen-bond acceptors (Lipinski definition) is 4. The van der Waals surface area contributed by atoms with Gasteiger partial charge in [-0.15, -0.1) is 0 Å². The first-order valence-electron chi connectivity index (χ1n) is 9.16. The number of benzene rings is 2. The first kappa shape index (κ1) is 18.7. The van der Waals surface area contributed by atoms with E-state index < -0.39 is 0 Å². The molecule has 0 atom stereocenters. The average molecular weight is 363 g/mol. The van der Waals surface area contributed by atoms with Crippen LogP contribution in [0.4, 0.5) is 5.69 Å². The first-order chi connectivity index (χ1) is 13.1. The van der Waals surface area contributed by atoms with E-state index >= 15 is 0 Å². The maximum atomic E-state index is 12.0. The molecule has 0 aliphatic heterocycles. The molecule has 0 saturated carbocycles. The van der Waals surface area contributed by atoms with Crippen LogP contribution in [0.15, 0.2) is 65.2 Å². The second-order valence-corrected chi connectivity index (χ2v) is 6.59. The lowest BCUT2D eigenvalue weighted by atomic mass is 10.1. The summed E-state index contributed by atoms with van der Waals surface area (Å²) in [4.78, 5) is 18.4. The fourth-order valence-electron chi connectivity index (χ4n) is 2.76. The molecule has 1 aromatic heterocycles. The van der Waals surface area contributed by atoms with Gasteiger partial charge in [0.25, 0.3) is 0 Å². The normalized spacial score (nSPS) is 10.6. The average Bonchev–Trinajstić information content (AvgIpc) is 3.16. The molecular weight excluding hydrogens is 338 g/mol. The molecule has 2 aromatic carbocycles. The van der Waals surface area contributed by atoms with Crippen molar-refractivity contribution < 1.29 is 9.21 Å². The van der Waals surface area contributed by atoms with E-state index in [4.69, 9.17) is 4.42 Å². The highest BCUT2D eigenvalue weighted by molar-refractivity contribution is 5.76. The molecule has 140 valence electrons. The van der Waals surface area contributed by atoms with Crippen molar-refractivity contribution in [3.05, 3.63) is 72.2 Å². The van der Waals surface area contributed by atoms with Crippen LogP contribution in [0.1, 0.15) is 17.9 Å². The van der Waals surface area contributed by atoms with E-state index in [2.05, 4.69) is 27.3 Å². The number of likely N-dealkylation sites (N-methyl/N-ethyl adjacent to an activating group) is 1. The van der Waals surface area contributed by atoms with Gasteiger partial charge in [0, 0.05) is 44.2 Å². The summed E-state index contributed by atoms with van der Waals surface area (Å²) in [5.74, 6) is 1.32. The Labute approximate surface area is 160 Å². The van der Waals surface area contributed by atoms with E-state index in [0.29, 0.717) is 25.3 Å². The SMILES string of the molecule is Cc1ccc(-c2cnc(CCC(=O)NCCN(C)c3ccccc3)o2)cc1. The van der Waals surface area contributed by atoms with Crippen LogP contribution < -0.4 is 10.2 Å². The maximum Gasteiger partial charge on any atom is 0.220 e. The molecule has 0 bridgehead atoms. The van der Waals surface area contributed by atoms with Crippen LogP contribution in [0.3, 0.4) is 0 Å². The number of aryl methyl sites for hydroxylation is 2. The van der Waals surface area contributed by atoms with Gasteiger partial charge in [0.15, 0.2) is 11.7 Å². The molecule has 0 saturated heterocycles. The van der Waals surface area contributed by atoms with Gasteiger partial charge in [0.1, 0.15) is 0 Å². The van der Waals surface area contributed by atoms with Crippen molar-refractivity contribution in [2.45, 2.75) is 19.8 Å². The predicted molar refractivity (Wildman–Crippen MR) is 108 cm³/mol. The van der Waals surface area contributed by atoms with E-state index in [9.17, 15) is 4.79 Å². The van der Waals surface area contributed by atoms with Gasteiger partial charge >= 0.3 is 0 Å². The largest absolute Gasteiger partial charge is 0.441 e. The highest BCUT2D eigenvalue weighted by atomic mass is 16.4. The number of para-hydroxylation sites is 1. The van der Waals surface area contributed by atoms with Gasteiger partial charge in [0.05, 0.1) is 6.20 Å². The van der Waals surface area contributed by atoms with Gasteiger partial charge in [0.2, 0.25) is 5.91 Å². The van der Waals surface area contributed by atoms with Crippen molar-refractivity contribution in [2.24, 2.45) is 0 Å². The van der Waals surface area contributed by atoms with Gasteiger partial charge in [-0.1, -0.05) is 48.0 Å². The third-order valence-electron chi connectivity index (χ3n) is 4.42. The van der Waals surface area contributed by atoms with Crippen LogP contribution in [0.5, 0.6) is 0 Å². The monoisotopic (exact) mass is 363 g/mol. The summed E-state index contributed by atoms with van der Waals surface area (Å²) in [6, 6.07) is 18.2. The molecule has 0 aliphatic rings. The van der Waals surface area contributed by atoms with Crippen LogP contribution in [-0.2, 0) is 11.2 Å². The lowest BCUT2D eigenvalue weighted by molar-refractivity contribution is -0.121. The Balaban J connectivity index is 1.41. The van der Waals surface area contributed by atoms with Crippen LogP contribution in [-0.4, -0.2) is 31.0 Å². The van der Waals surface area contributed by atoms with Crippen molar-refractivity contribution in [1.29, 1.82) is 0 Å². The van der Waals surface area contributed by atoms with Gasteiger partial charge in [-0.3, -0.25) is 4.79 Å². The standard InChI is InChI=1S/C22H25N3O2/c1-17-8-10-18(11-9-17)20-16-24-22(27-20)13-12-21(26)23-14-15-25(2)19-6-4-3-5-7-19/h3-11,16H,12-15H2,1-2H3,(H,23,26). The van der Waals surface area contributed by atoms with Crippen LogP contribution in [0.2, 0.25) is 0 Å². The van der Waals surface area contributed by atoms with Crippen molar-refractivity contribution in [3.63, 3.8) is 0 Å². The van der Waals surface area contributed by atoms with Gasteiger partial charge < -0.3 is 14.6 Å². The predicted octanol–water partition coefficient (Wildman–Crippen LogP) is 3.84. The topological polar surface area (TPSA) is 58.4 Å². The van der Waals surface area contributed by atoms with Crippen LogP contribution in [0.25, 0.3) is 11.3 Å². The summed E-state index contributed by atoms with van der Waals surface area (Å²) in [7, 11) is 2.01. The highest BCUT2D eigenvalue weighted by Gasteiger charge is 2.09. The third kappa shape index (κ3) is 5.45. The van der Waals surface area contributed by atoms with Crippen LogP contribution >= 0.6 is 0 Å². The molecule has 5 nitrogen and oxygen atoms in total. The summed E-state index contributed by atoms with van der Waals surface area (Å²) in [6.07, 6.45) is 2.57. The number of aromatic nitrogens is 1. The van der Waals surface area contributed by atoms with Crippen LogP contribution in [0, 0.1) is 6.92 Å². The smallest absolute Gasteiger partial charge is 0.220 e. The van der Waals surface area contributed by atoms with Crippen molar-refractivity contribution >= 4 is 11.6 Å². The molecular formula is C22H25N3O2. The van der Waals surface area contributed by atoms with E-state index in [-0.39, 0.29) is 5.91 Å². The molecule has 0 fully saturated rings. The summed E-state index contributed by atoms with van der Waals surface area (Å²) < 4.78 is 5.76. The lowest BCUT2D eigenvalue weighted by Gasteiger charge is -2.19. The molecule has 0 radical (unpaired) electrons. The number of nitrogens with one attached hydrogen (secondary N) is 1. The molecule has 3 rings (SSSR count). The second-order valence-electron chi connectivity index (χ2n) is 6.59. The van der Waals surface area contributed by atoms with E-state index in [1.165, 1.54) is 5.56 Å². The quantitative estimate of drug-likeness (QED) is 0.661. The molecule has 27 heavy (non-hydrogen) atoms. The molecule has 1 amide bonds. The number of nitrogens with zero attached hydrogens (tertiary/aromatic N) is 2. The zero-order chi connectivity index (χ0) is 19.1. The zero-order valence-corrected chi connectivity index (χ0v) is 15.8.